The first-order valence-electron chi connectivity index (χ1n) is 15.3. The molecule has 3 N–H and O–H groups in total. The highest BCUT2D eigenvalue weighted by molar-refractivity contribution is 5.93. The second-order valence-electron chi connectivity index (χ2n) is 11.9. The number of esters is 1. The van der Waals surface area contributed by atoms with Crippen LogP contribution in [0.3, 0.4) is 0 Å². The maximum atomic E-state index is 14.5. The average molecular weight is 612 g/mol. The van der Waals surface area contributed by atoms with Crippen LogP contribution in [0.2, 0.25) is 0 Å². The van der Waals surface area contributed by atoms with Crippen molar-refractivity contribution in [2.75, 3.05) is 20.2 Å². The standard InChI is InChI=1S/C34H49N3O7/c1-7-8-9-10-11-14-21-37(30(27-16-13-12-15-24(27)2)31(40)35-23-29(39)43-6)32(41)28(36-33(42)44-34(3,4)5)22-25-17-19-26(38)20-18-25/h12-13,15-20,28,30,38H,7-11,14,21-23H2,1-6H3,(H,35,40)(H,36,42). The number of carbonyl (C=O) groups is 4. The summed E-state index contributed by atoms with van der Waals surface area (Å²) in [5, 5.41) is 15.2. The molecule has 0 aliphatic heterocycles. The molecule has 10 nitrogen and oxygen atoms in total. The molecule has 0 aromatic heterocycles. The first-order chi connectivity index (χ1) is 20.9. The number of nitrogens with one attached hydrogen (secondary N) is 2. The van der Waals surface area contributed by atoms with Crippen molar-refractivity contribution in [3.8, 4) is 5.75 Å². The topological polar surface area (TPSA) is 134 Å². The summed E-state index contributed by atoms with van der Waals surface area (Å²) in [7, 11) is 1.23. The van der Waals surface area contributed by atoms with Crippen LogP contribution in [0.4, 0.5) is 4.79 Å². The smallest absolute Gasteiger partial charge is 0.408 e. The van der Waals surface area contributed by atoms with E-state index in [2.05, 4.69) is 17.6 Å². The fourth-order valence-corrected chi connectivity index (χ4v) is 4.82. The molecule has 0 spiro atoms. The molecule has 242 valence electrons. The molecule has 0 bridgehead atoms. The minimum absolute atomic E-state index is 0.0725. The van der Waals surface area contributed by atoms with Crippen LogP contribution in [-0.4, -0.2) is 65.7 Å². The number of nitrogens with zero attached hydrogens (tertiary/aromatic N) is 1. The summed E-state index contributed by atoms with van der Waals surface area (Å²) in [5.74, 6) is -1.56. The van der Waals surface area contributed by atoms with Crippen LogP contribution >= 0.6 is 0 Å². The van der Waals surface area contributed by atoms with E-state index in [1.165, 1.54) is 24.1 Å². The molecular weight excluding hydrogens is 562 g/mol. The van der Waals surface area contributed by atoms with Gasteiger partial charge in [0.15, 0.2) is 0 Å². The second-order valence-corrected chi connectivity index (χ2v) is 11.9. The number of benzene rings is 2. The lowest BCUT2D eigenvalue weighted by Gasteiger charge is -2.35. The van der Waals surface area contributed by atoms with Crippen molar-refractivity contribution in [3.63, 3.8) is 0 Å². The number of carbonyl (C=O) groups excluding carboxylic acids is 4. The van der Waals surface area contributed by atoms with Gasteiger partial charge in [0, 0.05) is 13.0 Å². The van der Waals surface area contributed by atoms with Gasteiger partial charge in [0.1, 0.15) is 30.0 Å². The van der Waals surface area contributed by atoms with Gasteiger partial charge in [0.05, 0.1) is 7.11 Å². The largest absolute Gasteiger partial charge is 0.508 e. The zero-order valence-electron chi connectivity index (χ0n) is 27.0. The van der Waals surface area contributed by atoms with Crippen molar-refractivity contribution in [1.29, 1.82) is 0 Å². The molecule has 0 fully saturated rings. The van der Waals surface area contributed by atoms with E-state index in [-0.39, 0.29) is 25.3 Å². The molecule has 3 amide bonds. The van der Waals surface area contributed by atoms with Crippen molar-refractivity contribution in [2.24, 2.45) is 0 Å². The number of hydrogen-bond donors (Lipinski definition) is 3. The Morgan fingerprint density at radius 3 is 2.18 bits per heavy atom. The van der Waals surface area contributed by atoms with Gasteiger partial charge in [0.2, 0.25) is 11.8 Å². The van der Waals surface area contributed by atoms with Gasteiger partial charge in [0.25, 0.3) is 0 Å². The molecule has 44 heavy (non-hydrogen) atoms. The van der Waals surface area contributed by atoms with Gasteiger partial charge in [-0.25, -0.2) is 4.79 Å². The number of unbranched alkanes of at least 4 members (excludes halogenated alkanes) is 5. The Kier molecular flexibility index (Phi) is 14.7. The van der Waals surface area contributed by atoms with Crippen molar-refractivity contribution in [1.82, 2.24) is 15.5 Å². The van der Waals surface area contributed by atoms with Gasteiger partial charge in [-0.1, -0.05) is 75.4 Å². The van der Waals surface area contributed by atoms with E-state index in [1.54, 1.807) is 45.0 Å². The number of phenols is 1. The summed E-state index contributed by atoms with van der Waals surface area (Å²) < 4.78 is 10.2. The zero-order chi connectivity index (χ0) is 32.7. The Hall–Kier alpha value is -4.08. The van der Waals surface area contributed by atoms with Crippen LogP contribution in [0.5, 0.6) is 5.75 Å². The maximum absolute atomic E-state index is 14.5. The van der Waals surface area contributed by atoms with Gasteiger partial charge in [-0.3, -0.25) is 14.4 Å². The molecular formula is C34H49N3O7. The van der Waals surface area contributed by atoms with Crippen LogP contribution in [0.1, 0.15) is 89.0 Å². The van der Waals surface area contributed by atoms with Crippen LogP contribution < -0.4 is 10.6 Å². The Labute approximate surface area is 261 Å². The Bertz CT molecular complexity index is 1220. The number of methoxy groups -OCH3 is 1. The lowest BCUT2D eigenvalue weighted by Crippen LogP contribution is -2.54. The predicted octanol–water partition coefficient (Wildman–Crippen LogP) is 5.36. The number of rotatable bonds is 16. The molecule has 0 saturated carbocycles. The van der Waals surface area contributed by atoms with Gasteiger partial charge < -0.3 is 30.1 Å². The predicted molar refractivity (Wildman–Crippen MR) is 169 cm³/mol. The summed E-state index contributed by atoms with van der Waals surface area (Å²) in [4.78, 5) is 54.7. The number of hydrogen-bond acceptors (Lipinski definition) is 7. The zero-order valence-corrected chi connectivity index (χ0v) is 27.0. The second kappa shape index (κ2) is 17.9. The number of alkyl carbamates (subject to hydrolysis) is 1. The van der Waals surface area contributed by atoms with E-state index in [0.29, 0.717) is 17.5 Å². The van der Waals surface area contributed by atoms with Gasteiger partial charge in [-0.05, 0) is 62.9 Å². The van der Waals surface area contributed by atoms with Crippen molar-refractivity contribution in [3.05, 3.63) is 65.2 Å². The summed E-state index contributed by atoms with van der Waals surface area (Å²) in [6, 6.07) is 11.5. The molecule has 2 unspecified atom stereocenters. The van der Waals surface area contributed by atoms with Crippen molar-refractivity contribution in [2.45, 2.75) is 97.2 Å². The van der Waals surface area contributed by atoms with E-state index < -0.39 is 41.6 Å². The minimum atomic E-state index is -1.09. The van der Waals surface area contributed by atoms with Gasteiger partial charge in [-0.15, -0.1) is 0 Å². The summed E-state index contributed by atoms with van der Waals surface area (Å²) >= 11 is 0. The maximum Gasteiger partial charge on any atom is 0.408 e. The third-order valence-electron chi connectivity index (χ3n) is 7.08. The summed E-state index contributed by atoms with van der Waals surface area (Å²) in [5.41, 5.74) is 1.29. The lowest BCUT2D eigenvalue weighted by molar-refractivity contribution is -0.144. The van der Waals surface area contributed by atoms with E-state index in [0.717, 1.165) is 37.7 Å². The molecule has 0 saturated heterocycles. The Morgan fingerprint density at radius 1 is 0.932 bits per heavy atom. The third kappa shape index (κ3) is 12.3. The van der Waals surface area contributed by atoms with Gasteiger partial charge >= 0.3 is 12.1 Å². The molecule has 0 aliphatic rings. The number of ether oxygens (including phenoxy) is 2. The van der Waals surface area contributed by atoms with E-state index in [1.807, 2.05) is 19.1 Å². The fourth-order valence-electron chi connectivity index (χ4n) is 4.82. The Balaban J connectivity index is 2.55. The van der Waals surface area contributed by atoms with Crippen LogP contribution in [0, 0.1) is 6.92 Å². The highest BCUT2D eigenvalue weighted by Gasteiger charge is 2.37. The first kappa shape index (κ1) is 36.1. The van der Waals surface area contributed by atoms with Crippen LogP contribution in [-0.2, 0) is 30.3 Å². The highest BCUT2D eigenvalue weighted by Crippen LogP contribution is 2.27. The minimum Gasteiger partial charge on any atom is -0.508 e. The van der Waals surface area contributed by atoms with Crippen molar-refractivity contribution < 1.29 is 33.8 Å². The quantitative estimate of drug-likeness (QED) is 0.172. The average Bonchev–Trinajstić information content (AvgIpc) is 2.97. The van der Waals surface area contributed by atoms with E-state index in [9.17, 15) is 24.3 Å². The molecule has 2 rings (SSSR count). The van der Waals surface area contributed by atoms with E-state index >= 15 is 0 Å². The number of amides is 3. The Morgan fingerprint density at radius 2 is 1.57 bits per heavy atom. The van der Waals surface area contributed by atoms with Crippen LogP contribution in [0.15, 0.2) is 48.5 Å². The number of aryl methyl sites for hydroxylation is 1. The third-order valence-corrected chi connectivity index (χ3v) is 7.08. The first-order valence-corrected chi connectivity index (χ1v) is 15.3. The molecule has 0 radical (unpaired) electrons. The molecule has 2 aromatic rings. The fraction of sp³-hybridized carbons (Fsp3) is 0.529. The van der Waals surface area contributed by atoms with Crippen molar-refractivity contribution >= 4 is 23.9 Å². The molecule has 2 aromatic carbocycles. The molecule has 0 heterocycles. The molecule has 10 heteroatoms. The normalized spacial score (nSPS) is 12.5. The molecule has 0 aliphatic carbocycles. The van der Waals surface area contributed by atoms with Crippen LogP contribution in [0.25, 0.3) is 0 Å². The van der Waals surface area contributed by atoms with E-state index in [4.69, 9.17) is 9.47 Å². The molecule has 2 atom stereocenters. The SMILES string of the molecule is CCCCCCCCN(C(=O)C(Cc1ccc(O)cc1)NC(=O)OC(C)(C)C)C(C(=O)NCC(=O)OC)c1ccccc1C. The van der Waals surface area contributed by atoms with Gasteiger partial charge in [-0.2, -0.15) is 0 Å². The monoisotopic (exact) mass is 611 g/mol. The number of phenolic OH excluding ortho intramolecular Hbond substituents is 1. The highest BCUT2D eigenvalue weighted by atomic mass is 16.6. The summed E-state index contributed by atoms with van der Waals surface area (Å²) in [6.07, 6.45) is 5.12. The lowest BCUT2D eigenvalue weighted by atomic mass is 9.96. The summed E-state index contributed by atoms with van der Waals surface area (Å²) in [6.45, 7) is 9.08. The number of aromatic hydroxyl groups is 1.